The number of aromatic nitrogens is 1. The first-order chi connectivity index (χ1) is 14.3. The van der Waals surface area contributed by atoms with E-state index in [9.17, 15) is 8.42 Å². The second-order valence-corrected chi connectivity index (χ2v) is 9.09. The third kappa shape index (κ3) is 7.38. The Morgan fingerprint density at radius 2 is 2.10 bits per heavy atom. The van der Waals surface area contributed by atoms with Gasteiger partial charge >= 0.3 is 0 Å². The van der Waals surface area contributed by atoms with Gasteiger partial charge in [-0.25, -0.2) is 12.7 Å². The molecule has 8 heteroatoms. The summed E-state index contributed by atoms with van der Waals surface area (Å²) >= 11 is 5.70. The molecule has 2 rings (SSSR count). The smallest absolute Gasteiger partial charge is 0.211 e. The van der Waals surface area contributed by atoms with Crippen LogP contribution >= 0.6 is 11.6 Å². The van der Waals surface area contributed by atoms with Gasteiger partial charge in [0.1, 0.15) is 0 Å². The Morgan fingerprint density at radius 1 is 1.37 bits per heavy atom. The van der Waals surface area contributed by atoms with Crippen LogP contribution in [0.5, 0.6) is 0 Å². The third-order valence-electron chi connectivity index (χ3n) is 4.68. The van der Waals surface area contributed by atoms with Gasteiger partial charge in [-0.05, 0) is 43.0 Å². The normalized spacial score (nSPS) is 17.9. The fraction of sp³-hybridized carbons (Fsp3) is 0.318. The largest absolute Gasteiger partial charge is 0.286 e. The first-order valence-corrected chi connectivity index (χ1v) is 11.8. The lowest BCUT2D eigenvalue weighted by molar-refractivity contribution is 0.323. The standard InChI is InChI=1S/C22H25ClN4O2S/c1-18(26-21-10-15-27(16-11-21)30(2,28)29)22-17-25-14-9-20(22)7-6-19(8-12-23)5-3-4-13-24/h3-9,12,14,17,21H,10-11,15-16H2,1-2H3. The molecule has 0 amide bonds. The zero-order valence-corrected chi connectivity index (χ0v) is 18.6. The summed E-state index contributed by atoms with van der Waals surface area (Å²) in [5.74, 6) is 0. The second-order valence-electron chi connectivity index (χ2n) is 6.85. The number of nitrogens with zero attached hydrogens (tertiary/aromatic N) is 4. The van der Waals surface area contributed by atoms with Crippen molar-refractivity contribution in [3.8, 4) is 6.07 Å². The lowest BCUT2D eigenvalue weighted by atomic mass is 10.0. The molecule has 1 aromatic heterocycles. The second kappa shape index (κ2) is 11.6. The van der Waals surface area contributed by atoms with E-state index in [-0.39, 0.29) is 6.04 Å². The highest BCUT2D eigenvalue weighted by molar-refractivity contribution is 7.88. The fourth-order valence-electron chi connectivity index (χ4n) is 3.13. The van der Waals surface area contributed by atoms with Crippen LogP contribution in [0.2, 0.25) is 0 Å². The highest BCUT2D eigenvalue weighted by Crippen LogP contribution is 2.19. The van der Waals surface area contributed by atoms with E-state index in [1.165, 1.54) is 22.2 Å². The van der Waals surface area contributed by atoms with Crippen LogP contribution in [-0.2, 0) is 10.0 Å². The average molecular weight is 445 g/mol. The maximum Gasteiger partial charge on any atom is 0.211 e. The Kier molecular flexibility index (Phi) is 9.18. The van der Waals surface area contributed by atoms with Crippen molar-refractivity contribution in [2.75, 3.05) is 19.3 Å². The van der Waals surface area contributed by atoms with Gasteiger partial charge in [0.2, 0.25) is 10.0 Å². The molecule has 0 radical (unpaired) electrons. The van der Waals surface area contributed by atoms with Gasteiger partial charge in [-0.15, -0.1) is 0 Å². The number of nitriles is 1. The van der Waals surface area contributed by atoms with E-state index < -0.39 is 10.0 Å². The van der Waals surface area contributed by atoms with Gasteiger partial charge < -0.3 is 0 Å². The summed E-state index contributed by atoms with van der Waals surface area (Å²) < 4.78 is 24.9. The molecule has 0 atom stereocenters. The predicted octanol–water partition coefficient (Wildman–Crippen LogP) is 4.09. The van der Waals surface area contributed by atoms with Crippen LogP contribution in [0.4, 0.5) is 0 Å². The molecule has 30 heavy (non-hydrogen) atoms. The first-order valence-electron chi connectivity index (χ1n) is 9.50. The fourth-order valence-corrected chi connectivity index (χ4v) is 4.15. The van der Waals surface area contributed by atoms with Crippen LogP contribution in [-0.4, -0.2) is 48.8 Å². The molecule has 0 aliphatic carbocycles. The van der Waals surface area contributed by atoms with Crippen LogP contribution in [0.1, 0.15) is 30.9 Å². The molecule has 6 nitrogen and oxygen atoms in total. The van der Waals surface area contributed by atoms with E-state index in [1.807, 2.05) is 31.2 Å². The molecule has 1 fully saturated rings. The minimum Gasteiger partial charge on any atom is -0.286 e. The Labute approximate surface area is 183 Å². The SMILES string of the molecule is CC(=NC1CCN(S(C)(=O)=O)CC1)c1cnccc1C=CC(C=CCl)=CC=CC#N. The van der Waals surface area contributed by atoms with Gasteiger partial charge in [-0.2, -0.15) is 5.26 Å². The summed E-state index contributed by atoms with van der Waals surface area (Å²) in [4.78, 5) is 9.06. The quantitative estimate of drug-likeness (QED) is 0.360. The summed E-state index contributed by atoms with van der Waals surface area (Å²) in [6.45, 7) is 2.94. The van der Waals surface area contributed by atoms with Crippen molar-refractivity contribution in [2.45, 2.75) is 25.8 Å². The monoisotopic (exact) mass is 444 g/mol. The van der Waals surface area contributed by atoms with E-state index in [2.05, 4.69) is 4.98 Å². The van der Waals surface area contributed by atoms with Crippen molar-refractivity contribution >= 4 is 33.4 Å². The highest BCUT2D eigenvalue weighted by Gasteiger charge is 2.24. The van der Waals surface area contributed by atoms with E-state index in [0.717, 1.165) is 22.4 Å². The maximum absolute atomic E-state index is 11.7. The molecule has 1 saturated heterocycles. The Morgan fingerprint density at radius 3 is 2.73 bits per heavy atom. The van der Waals surface area contributed by atoms with Gasteiger partial charge in [-0.1, -0.05) is 35.9 Å². The lowest BCUT2D eigenvalue weighted by Gasteiger charge is -2.28. The number of hydrogen-bond acceptors (Lipinski definition) is 5. The third-order valence-corrected chi connectivity index (χ3v) is 6.11. The molecule has 158 valence electrons. The number of hydrogen-bond donors (Lipinski definition) is 0. The summed E-state index contributed by atoms with van der Waals surface area (Å²) in [6.07, 6.45) is 16.6. The van der Waals surface area contributed by atoms with Gasteiger partial charge in [0.25, 0.3) is 0 Å². The van der Waals surface area contributed by atoms with Crippen LogP contribution in [0, 0.1) is 11.3 Å². The molecule has 0 spiro atoms. The minimum atomic E-state index is -3.14. The van der Waals surface area contributed by atoms with Gasteiger partial charge in [0, 0.05) is 48.4 Å². The summed E-state index contributed by atoms with van der Waals surface area (Å²) in [5.41, 5.74) is 4.99. The number of halogens is 1. The van der Waals surface area contributed by atoms with Crippen LogP contribution < -0.4 is 0 Å². The van der Waals surface area contributed by atoms with E-state index in [0.29, 0.717) is 25.9 Å². The van der Waals surface area contributed by atoms with Crippen molar-refractivity contribution in [1.29, 1.82) is 5.26 Å². The molecule has 2 heterocycles. The van der Waals surface area contributed by atoms with Crippen LogP contribution in [0.3, 0.4) is 0 Å². The van der Waals surface area contributed by atoms with Gasteiger partial charge in [0.15, 0.2) is 0 Å². The van der Waals surface area contributed by atoms with Crippen LogP contribution in [0.25, 0.3) is 6.08 Å². The number of sulfonamides is 1. The van der Waals surface area contributed by atoms with Crippen molar-refractivity contribution in [1.82, 2.24) is 9.29 Å². The number of rotatable bonds is 7. The van der Waals surface area contributed by atoms with Crippen molar-refractivity contribution in [3.05, 3.63) is 71.1 Å². The van der Waals surface area contributed by atoms with E-state index in [1.54, 1.807) is 30.6 Å². The minimum absolute atomic E-state index is 0.0887. The van der Waals surface area contributed by atoms with Crippen molar-refractivity contribution < 1.29 is 8.42 Å². The topological polar surface area (TPSA) is 86.4 Å². The Bertz CT molecular complexity index is 1030. The summed E-state index contributed by atoms with van der Waals surface area (Å²) in [6, 6.07) is 3.94. The van der Waals surface area contributed by atoms with E-state index in [4.69, 9.17) is 21.9 Å². The Balaban J connectivity index is 2.20. The number of aliphatic imine (C=N–C) groups is 1. The maximum atomic E-state index is 11.7. The molecule has 0 saturated carbocycles. The van der Waals surface area contributed by atoms with Crippen molar-refractivity contribution in [3.63, 3.8) is 0 Å². The van der Waals surface area contributed by atoms with Crippen LogP contribution in [0.15, 0.2) is 64.9 Å². The first kappa shape index (κ1) is 23.7. The van der Waals surface area contributed by atoms with Crippen molar-refractivity contribution in [2.24, 2.45) is 4.99 Å². The number of pyridine rings is 1. The highest BCUT2D eigenvalue weighted by atomic mass is 35.5. The molecular weight excluding hydrogens is 420 g/mol. The average Bonchev–Trinajstić information content (AvgIpc) is 2.72. The number of allylic oxidation sites excluding steroid dienone is 6. The predicted molar refractivity (Wildman–Crippen MR) is 123 cm³/mol. The molecule has 0 bridgehead atoms. The summed E-state index contributed by atoms with van der Waals surface area (Å²) in [7, 11) is -3.14. The van der Waals surface area contributed by atoms with Gasteiger partial charge in [0.05, 0.1) is 18.4 Å². The zero-order valence-electron chi connectivity index (χ0n) is 17.1. The van der Waals surface area contributed by atoms with Gasteiger partial charge in [-0.3, -0.25) is 9.98 Å². The zero-order chi connectivity index (χ0) is 22.0. The lowest BCUT2D eigenvalue weighted by Crippen LogP contribution is -2.39. The molecule has 1 aliphatic heterocycles. The molecular formula is C22H25ClN4O2S. The molecule has 0 N–H and O–H groups in total. The Hall–Kier alpha value is -2.53. The molecule has 1 aliphatic rings. The summed E-state index contributed by atoms with van der Waals surface area (Å²) in [5, 5.41) is 8.62. The molecule has 1 aromatic rings. The molecule has 0 aromatic carbocycles. The number of piperidine rings is 1. The van der Waals surface area contributed by atoms with E-state index >= 15 is 0 Å². The molecule has 0 unspecified atom stereocenters.